The fourth-order valence-electron chi connectivity index (χ4n) is 2.95. The van der Waals surface area contributed by atoms with Gasteiger partial charge in [0.25, 0.3) is 0 Å². The van der Waals surface area contributed by atoms with Crippen molar-refractivity contribution in [3.05, 3.63) is 30.1 Å². The largest absolute Gasteiger partial charge is 0.489 e. The van der Waals surface area contributed by atoms with Crippen LogP contribution in [-0.4, -0.2) is 56.2 Å². The standard InChI is InChI=1S/C19H31FN4O.HI/c1-4-21-19(23-13-16-10-11-24(5-2)14-16)22-12-15(3)25-18-8-6-17(20)7-9-18;/h6-9,15-16H,4-5,10-14H2,1-3H3,(H2,21,22,23);1H. The second-order valence-corrected chi connectivity index (χ2v) is 6.53. The molecule has 1 aromatic rings. The smallest absolute Gasteiger partial charge is 0.191 e. The number of likely N-dealkylation sites (tertiary alicyclic amines) is 1. The molecule has 0 saturated carbocycles. The number of aliphatic imine (C=N–C) groups is 1. The van der Waals surface area contributed by atoms with Crippen molar-refractivity contribution in [2.45, 2.75) is 33.3 Å². The minimum atomic E-state index is -0.259. The molecule has 1 heterocycles. The quantitative estimate of drug-likeness (QED) is 0.343. The van der Waals surface area contributed by atoms with Crippen LogP contribution in [0.1, 0.15) is 27.2 Å². The van der Waals surface area contributed by atoms with E-state index in [2.05, 4.69) is 34.4 Å². The molecule has 1 aliphatic rings. The Hall–Kier alpha value is -1.09. The molecule has 2 N–H and O–H groups in total. The second-order valence-electron chi connectivity index (χ2n) is 6.53. The Labute approximate surface area is 173 Å². The predicted molar refractivity (Wildman–Crippen MR) is 116 cm³/mol. The first-order valence-corrected chi connectivity index (χ1v) is 9.27. The molecule has 1 saturated heterocycles. The van der Waals surface area contributed by atoms with Crippen LogP contribution < -0.4 is 15.4 Å². The van der Waals surface area contributed by atoms with Gasteiger partial charge in [-0.15, -0.1) is 24.0 Å². The molecule has 148 valence electrons. The first-order valence-electron chi connectivity index (χ1n) is 9.27. The van der Waals surface area contributed by atoms with Crippen LogP contribution >= 0.6 is 24.0 Å². The average molecular weight is 478 g/mol. The highest BCUT2D eigenvalue weighted by Crippen LogP contribution is 2.15. The molecule has 0 bridgehead atoms. The molecular formula is C19H32FIN4O. The van der Waals surface area contributed by atoms with Crippen molar-refractivity contribution in [3.63, 3.8) is 0 Å². The highest BCUT2D eigenvalue weighted by molar-refractivity contribution is 14.0. The van der Waals surface area contributed by atoms with E-state index in [1.165, 1.54) is 25.1 Å². The van der Waals surface area contributed by atoms with Gasteiger partial charge in [0.2, 0.25) is 0 Å². The maximum absolute atomic E-state index is 12.9. The van der Waals surface area contributed by atoms with E-state index in [1.54, 1.807) is 12.1 Å². The summed E-state index contributed by atoms with van der Waals surface area (Å²) in [6.07, 6.45) is 1.16. The maximum Gasteiger partial charge on any atom is 0.191 e. The Bertz CT molecular complexity index is 541. The molecule has 26 heavy (non-hydrogen) atoms. The van der Waals surface area contributed by atoms with Gasteiger partial charge in [0.05, 0.1) is 6.54 Å². The first-order chi connectivity index (χ1) is 12.1. The molecule has 2 unspecified atom stereocenters. The van der Waals surface area contributed by atoms with Gasteiger partial charge in [0.1, 0.15) is 17.7 Å². The van der Waals surface area contributed by atoms with Gasteiger partial charge >= 0.3 is 0 Å². The van der Waals surface area contributed by atoms with Gasteiger partial charge in [0.15, 0.2) is 5.96 Å². The third kappa shape index (κ3) is 8.07. The van der Waals surface area contributed by atoms with Gasteiger partial charge in [-0.25, -0.2) is 9.38 Å². The van der Waals surface area contributed by atoms with E-state index in [4.69, 9.17) is 4.74 Å². The maximum atomic E-state index is 12.9. The fraction of sp³-hybridized carbons (Fsp3) is 0.632. The van der Waals surface area contributed by atoms with Gasteiger partial charge in [-0.05, 0) is 63.5 Å². The monoisotopic (exact) mass is 478 g/mol. The molecule has 7 heteroatoms. The summed E-state index contributed by atoms with van der Waals surface area (Å²) >= 11 is 0. The molecule has 1 aliphatic heterocycles. The molecule has 1 fully saturated rings. The van der Waals surface area contributed by atoms with Crippen molar-refractivity contribution >= 4 is 29.9 Å². The van der Waals surface area contributed by atoms with E-state index in [9.17, 15) is 4.39 Å². The van der Waals surface area contributed by atoms with Crippen molar-refractivity contribution in [2.24, 2.45) is 10.9 Å². The summed E-state index contributed by atoms with van der Waals surface area (Å²) in [5.41, 5.74) is 0. The van der Waals surface area contributed by atoms with Crippen LogP contribution in [0.5, 0.6) is 5.75 Å². The van der Waals surface area contributed by atoms with E-state index in [0.29, 0.717) is 18.2 Å². The Kier molecular flexibility index (Phi) is 10.9. The third-order valence-corrected chi connectivity index (χ3v) is 4.38. The van der Waals surface area contributed by atoms with Crippen molar-refractivity contribution in [2.75, 3.05) is 39.3 Å². The zero-order valence-electron chi connectivity index (χ0n) is 16.0. The van der Waals surface area contributed by atoms with E-state index >= 15 is 0 Å². The molecule has 0 amide bonds. The summed E-state index contributed by atoms with van der Waals surface area (Å²) in [5, 5.41) is 6.72. The average Bonchev–Trinajstić information content (AvgIpc) is 3.07. The number of rotatable bonds is 8. The lowest BCUT2D eigenvalue weighted by molar-refractivity contribution is 0.230. The van der Waals surface area contributed by atoms with Crippen molar-refractivity contribution in [1.29, 1.82) is 0 Å². The molecular weight excluding hydrogens is 446 g/mol. The minimum Gasteiger partial charge on any atom is -0.489 e. The number of benzene rings is 1. The lowest BCUT2D eigenvalue weighted by Gasteiger charge is -2.17. The Balaban J connectivity index is 0.00000338. The number of ether oxygens (including phenoxy) is 1. The van der Waals surface area contributed by atoms with E-state index < -0.39 is 0 Å². The first kappa shape index (κ1) is 23.0. The topological polar surface area (TPSA) is 48.9 Å². The summed E-state index contributed by atoms with van der Waals surface area (Å²) in [6, 6.07) is 6.08. The number of nitrogens with zero attached hydrogens (tertiary/aromatic N) is 2. The molecule has 5 nitrogen and oxygen atoms in total. The van der Waals surface area contributed by atoms with Crippen LogP contribution in [0.2, 0.25) is 0 Å². The number of hydrogen-bond donors (Lipinski definition) is 2. The molecule has 2 rings (SSSR count). The summed E-state index contributed by atoms with van der Waals surface area (Å²) < 4.78 is 18.7. The summed E-state index contributed by atoms with van der Waals surface area (Å²) in [6.45, 7) is 12.0. The normalized spacial score (nSPS) is 18.9. The van der Waals surface area contributed by atoms with Crippen LogP contribution in [0.15, 0.2) is 29.3 Å². The number of hydrogen-bond acceptors (Lipinski definition) is 3. The lowest BCUT2D eigenvalue weighted by Crippen LogP contribution is -2.41. The summed E-state index contributed by atoms with van der Waals surface area (Å²) in [4.78, 5) is 7.09. The van der Waals surface area contributed by atoms with Gasteiger partial charge in [-0.2, -0.15) is 0 Å². The Morgan fingerprint density at radius 2 is 2.04 bits per heavy atom. The van der Waals surface area contributed by atoms with Crippen molar-refractivity contribution in [3.8, 4) is 5.75 Å². The number of halogens is 2. The fourth-order valence-corrected chi connectivity index (χ4v) is 2.95. The van der Waals surface area contributed by atoms with E-state index in [-0.39, 0.29) is 35.9 Å². The zero-order chi connectivity index (χ0) is 18.1. The second kappa shape index (κ2) is 12.3. The Morgan fingerprint density at radius 3 is 2.65 bits per heavy atom. The van der Waals surface area contributed by atoms with Crippen LogP contribution in [0.3, 0.4) is 0 Å². The number of nitrogens with one attached hydrogen (secondary N) is 2. The molecule has 2 atom stereocenters. The molecule has 0 spiro atoms. The summed E-state index contributed by atoms with van der Waals surface area (Å²) in [7, 11) is 0. The van der Waals surface area contributed by atoms with Crippen LogP contribution in [-0.2, 0) is 0 Å². The van der Waals surface area contributed by atoms with Crippen LogP contribution in [0.25, 0.3) is 0 Å². The molecule has 0 aromatic heterocycles. The van der Waals surface area contributed by atoms with Crippen molar-refractivity contribution < 1.29 is 9.13 Å². The third-order valence-electron chi connectivity index (χ3n) is 4.38. The van der Waals surface area contributed by atoms with Crippen LogP contribution in [0, 0.1) is 11.7 Å². The van der Waals surface area contributed by atoms with Gasteiger partial charge in [-0.1, -0.05) is 6.92 Å². The highest BCUT2D eigenvalue weighted by Gasteiger charge is 2.21. The number of guanidine groups is 1. The zero-order valence-corrected chi connectivity index (χ0v) is 18.3. The van der Waals surface area contributed by atoms with Gasteiger partial charge in [-0.3, -0.25) is 0 Å². The van der Waals surface area contributed by atoms with E-state index in [0.717, 1.165) is 32.1 Å². The lowest BCUT2D eigenvalue weighted by atomic mass is 10.1. The van der Waals surface area contributed by atoms with Crippen molar-refractivity contribution in [1.82, 2.24) is 15.5 Å². The molecule has 0 aliphatic carbocycles. The van der Waals surface area contributed by atoms with Gasteiger partial charge in [0, 0.05) is 19.6 Å². The summed E-state index contributed by atoms with van der Waals surface area (Å²) in [5.74, 6) is 1.90. The highest BCUT2D eigenvalue weighted by atomic mass is 127. The minimum absolute atomic E-state index is 0. The van der Waals surface area contributed by atoms with Gasteiger partial charge < -0.3 is 20.3 Å². The van der Waals surface area contributed by atoms with Crippen LogP contribution in [0.4, 0.5) is 4.39 Å². The SMILES string of the molecule is CCNC(=NCC(C)Oc1ccc(F)cc1)NCC1CCN(CC)C1.I. The molecule has 1 aromatic carbocycles. The molecule has 0 radical (unpaired) electrons. The predicted octanol–water partition coefficient (Wildman–Crippen LogP) is 3.11. The van der Waals surface area contributed by atoms with E-state index in [1.807, 2.05) is 6.92 Å². The Morgan fingerprint density at radius 1 is 1.31 bits per heavy atom.